The average molecular weight is 209 g/mol. The molecule has 14 heavy (non-hydrogen) atoms. The van der Waals surface area contributed by atoms with Crippen molar-refractivity contribution in [1.82, 2.24) is 0 Å². The molecule has 0 aliphatic heterocycles. The first-order chi connectivity index (χ1) is 6.69. The molecule has 1 N–H and O–H groups in total. The highest BCUT2D eigenvalue weighted by atomic mass is 35.5. The molecule has 0 atom stereocenters. The van der Waals surface area contributed by atoms with Crippen molar-refractivity contribution in [1.29, 1.82) is 5.26 Å². The van der Waals surface area contributed by atoms with Crippen molar-refractivity contribution in [2.24, 2.45) is 5.16 Å². The summed E-state index contributed by atoms with van der Waals surface area (Å²) in [5.41, 5.74) is 0.713. The Labute approximate surface area is 85.0 Å². The molecule has 0 unspecified atom stereocenters. The molecule has 0 bridgehead atoms. The first-order valence-electron chi connectivity index (χ1n) is 3.61. The van der Waals surface area contributed by atoms with Gasteiger partial charge >= 0.3 is 0 Å². The quantitative estimate of drug-likeness (QED) is 0.348. The number of carbonyl (C=O) groups excluding carboxylic acids is 1. The molecule has 0 spiro atoms. The SMILES string of the molecule is N#Cc1ccc(C(=O)/C(Cl)=N\O)cc1. The minimum absolute atomic E-state index is 0.270. The molecule has 0 aliphatic carbocycles. The average Bonchev–Trinajstić information content (AvgIpc) is 2.27. The van der Waals surface area contributed by atoms with Crippen LogP contribution in [-0.4, -0.2) is 16.2 Å². The predicted octanol–water partition coefficient (Wildman–Crippen LogP) is 1.77. The lowest BCUT2D eigenvalue weighted by Crippen LogP contribution is -2.07. The fourth-order valence-electron chi connectivity index (χ4n) is 0.861. The maximum atomic E-state index is 11.3. The van der Waals surface area contributed by atoms with Gasteiger partial charge in [0, 0.05) is 5.56 Å². The molecular formula is C9H5ClN2O2. The fraction of sp³-hybridized carbons (Fsp3) is 0. The number of halogens is 1. The molecule has 0 radical (unpaired) electrons. The first-order valence-corrected chi connectivity index (χ1v) is 3.99. The van der Waals surface area contributed by atoms with Gasteiger partial charge in [0.05, 0.1) is 11.6 Å². The van der Waals surface area contributed by atoms with Crippen LogP contribution < -0.4 is 0 Å². The highest BCUT2D eigenvalue weighted by Gasteiger charge is 2.11. The van der Waals surface area contributed by atoms with Gasteiger partial charge in [0.2, 0.25) is 11.0 Å². The van der Waals surface area contributed by atoms with Crippen LogP contribution in [0.3, 0.4) is 0 Å². The van der Waals surface area contributed by atoms with Crippen molar-refractivity contribution in [2.45, 2.75) is 0 Å². The van der Waals surface area contributed by atoms with E-state index in [9.17, 15) is 4.79 Å². The van der Waals surface area contributed by atoms with Crippen LogP contribution in [0.15, 0.2) is 29.4 Å². The number of Topliss-reactive ketones (excluding diaryl/α,β-unsaturated/α-hetero) is 1. The molecule has 0 aromatic heterocycles. The highest BCUT2D eigenvalue weighted by Crippen LogP contribution is 2.06. The number of benzene rings is 1. The van der Waals surface area contributed by atoms with Crippen LogP contribution in [-0.2, 0) is 0 Å². The highest BCUT2D eigenvalue weighted by molar-refractivity contribution is 6.84. The van der Waals surface area contributed by atoms with Crippen molar-refractivity contribution in [3.05, 3.63) is 35.4 Å². The lowest BCUT2D eigenvalue weighted by atomic mass is 10.1. The van der Waals surface area contributed by atoms with Crippen LogP contribution in [0.25, 0.3) is 0 Å². The maximum Gasteiger partial charge on any atom is 0.226 e. The van der Waals surface area contributed by atoms with E-state index >= 15 is 0 Å². The molecule has 1 aromatic carbocycles. The number of ketones is 1. The minimum Gasteiger partial charge on any atom is -0.410 e. The van der Waals surface area contributed by atoms with Crippen LogP contribution in [0.4, 0.5) is 0 Å². The van der Waals surface area contributed by atoms with E-state index in [1.54, 1.807) is 0 Å². The third-order valence-electron chi connectivity index (χ3n) is 1.55. The molecule has 4 nitrogen and oxygen atoms in total. The van der Waals surface area contributed by atoms with Crippen molar-refractivity contribution in [2.75, 3.05) is 0 Å². The van der Waals surface area contributed by atoms with Crippen LogP contribution in [0.2, 0.25) is 0 Å². The standard InChI is InChI=1S/C9H5ClN2O2/c10-9(12-14)8(13)7-3-1-6(5-11)2-4-7/h1-4,14H/b12-9+. The van der Waals surface area contributed by atoms with Gasteiger partial charge < -0.3 is 5.21 Å². The van der Waals surface area contributed by atoms with Crippen molar-refractivity contribution in [3.8, 4) is 6.07 Å². The van der Waals surface area contributed by atoms with Crippen LogP contribution >= 0.6 is 11.6 Å². The van der Waals surface area contributed by atoms with Gasteiger partial charge in [0.1, 0.15) is 0 Å². The fourth-order valence-corrected chi connectivity index (χ4v) is 0.970. The molecular weight excluding hydrogens is 204 g/mol. The Balaban J connectivity index is 3.00. The summed E-state index contributed by atoms with van der Waals surface area (Å²) in [6.45, 7) is 0. The summed E-state index contributed by atoms with van der Waals surface area (Å²) in [4.78, 5) is 11.3. The number of hydrogen-bond acceptors (Lipinski definition) is 4. The smallest absolute Gasteiger partial charge is 0.226 e. The van der Waals surface area contributed by atoms with E-state index in [4.69, 9.17) is 22.1 Å². The first kappa shape index (κ1) is 10.2. The number of nitrogens with zero attached hydrogens (tertiary/aromatic N) is 2. The van der Waals surface area contributed by atoms with Gasteiger partial charge in [0.15, 0.2) is 0 Å². The zero-order valence-electron chi connectivity index (χ0n) is 6.94. The summed E-state index contributed by atoms with van der Waals surface area (Å²) in [7, 11) is 0. The maximum absolute atomic E-state index is 11.3. The van der Waals surface area contributed by atoms with E-state index in [1.807, 2.05) is 6.07 Å². The third kappa shape index (κ3) is 2.09. The van der Waals surface area contributed by atoms with Gasteiger partial charge in [-0.3, -0.25) is 4.79 Å². The van der Waals surface area contributed by atoms with Crippen molar-refractivity contribution in [3.63, 3.8) is 0 Å². The van der Waals surface area contributed by atoms with Gasteiger partial charge in [-0.2, -0.15) is 5.26 Å². The molecule has 0 heterocycles. The second-order valence-corrected chi connectivity index (χ2v) is 2.77. The van der Waals surface area contributed by atoms with E-state index in [1.165, 1.54) is 24.3 Å². The number of nitriles is 1. The third-order valence-corrected chi connectivity index (χ3v) is 1.80. The Morgan fingerprint density at radius 3 is 2.43 bits per heavy atom. The Kier molecular flexibility index (Phi) is 3.21. The molecule has 5 heteroatoms. The zero-order valence-corrected chi connectivity index (χ0v) is 7.69. The van der Waals surface area contributed by atoms with Crippen LogP contribution in [0.5, 0.6) is 0 Å². The van der Waals surface area contributed by atoms with Gasteiger partial charge in [-0.1, -0.05) is 16.8 Å². The van der Waals surface area contributed by atoms with Gasteiger partial charge in [-0.15, -0.1) is 0 Å². The van der Waals surface area contributed by atoms with Gasteiger partial charge in [0.25, 0.3) is 0 Å². The summed E-state index contributed by atoms with van der Waals surface area (Å²) < 4.78 is 0. The number of carbonyl (C=O) groups is 1. The second-order valence-electron chi connectivity index (χ2n) is 2.41. The van der Waals surface area contributed by atoms with E-state index in [2.05, 4.69) is 5.16 Å². The molecule has 0 fully saturated rings. The lowest BCUT2D eigenvalue weighted by molar-refractivity contribution is 0.106. The van der Waals surface area contributed by atoms with E-state index in [0.29, 0.717) is 5.56 Å². The summed E-state index contributed by atoms with van der Waals surface area (Å²) >= 11 is 5.31. The molecule has 1 rings (SSSR count). The molecule has 0 amide bonds. The normalized spacial score (nSPS) is 10.7. The summed E-state index contributed by atoms with van der Waals surface area (Å²) in [5.74, 6) is -0.585. The lowest BCUT2D eigenvalue weighted by Gasteiger charge is -1.96. The van der Waals surface area contributed by atoms with Crippen LogP contribution in [0, 0.1) is 11.3 Å². The van der Waals surface area contributed by atoms with E-state index in [-0.39, 0.29) is 5.56 Å². The largest absolute Gasteiger partial charge is 0.410 e. The van der Waals surface area contributed by atoms with Crippen molar-refractivity contribution >= 4 is 22.6 Å². The summed E-state index contributed by atoms with van der Waals surface area (Å²) in [6, 6.07) is 7.75. The molecule has 0 saturated heterocycles. The molecule has 0 aliphatic rings. The summed E-state index contributed by atoms with van der Waals surface area (Å²) in [5, 5.41) is 18.8. The molecule has 0 saturated carbocycles. The van der Waals surface area contributed by atoms with E-state index < -0.39 is 11.0 Å². The molecule has 1 aromatic rings. The molecule has 70 valence electrons. The number of oxime groups is 1. The number of hydrogen-bond donors (Lipinski definition) is 1. The zero-order chi connectivity index (χ0) is 10.6. The summed E-state index contributed by atoms with van der Waals surface area (Å²) in [6.07, 6.45) is 0. The minimum atomic E-state index is -0.585. The Hall–Kier alpha value is -1.86. The Morgan fingerprint density at radius 1 is 1.43 bits per heavy atom. The topological polar surface area (TPSA) is 73.5 Å². The number of rotatable bonds is 2. The van der Waals surface area contributed by atoms with Crippen molar-refractivity contribution < 1.29 is 10.0 Å². The monoisotopic (exact) mass is 208 g/mol. The Morgan fingerprint density at radius 2 is 2.00 bits per heavy atom. The predicted molar refractivity (Wildman–Crippen MR) is 50.6 cm³/mol. The Bertz CT molecular complexity index is 417. The van der Waals surface area contributed by atoms with Crippen LogP contribution in [0.1, 0.15) is 15.9 Å². The second kappa shape index (κ2) is 4.40. The van der Waals surface area contributed by atoms with Gasteiger partial charge in [-0.05, 0) is 24.3 Å². The van der Waals surface area contributed by atoms with Gasteiger partial charge in [-0.25, -0.2) is 0 Å². The van der Waals surface area contributed by atoms with E-state index in [0.717, 1.165) is 0 Å².